The van der Waals surface area contributed by atoms with Crippen LogP contribution in [0.15, 0.2) is 0 Å². The van der Waals surface area contributed by atoms with Gasteiger partial charge in [0.05, 0.1) is 21.1 Å². The van der Waals surface area contributed by atoms with Crippen LogP contribution in [0.5, 0.6) is 0 Å². The summed E-state index contributed by atoms with van der Waals surface area (Å²) in [6.45, 7) is 4.78. The molecule has 0 heterocycles. The lowest BCUT2D eigenvalue weighted by molar-refractivity contribution is -0.873. The van der Waals surface area contributed by atoms with Crippen molar-refractivity contribution in [3.8, 4) is 0 Å². The molecular formula is C14H32NO3+. The summed E-state index contributed by atoms with van der Waals surface area (Å²) < 4.78 is 0.831. The van der Waals surface area contributed by atoms with Crippen LogP contribution in [0, 0.1) is 0 Å². The lowest BCUT2D eigenvalue weighted by Gasteiger charge is -2.24. The quantitative estimate of drug-likeness (QED) is 0.522. The first-order valence-corrected chi connectivity index (χ1v) is 6.89. The van der Waals surface area contributed by atoms with Crippen LogP contribution in [0.1, 0.15) is 52.4 Å². The van der Waals surface area contributed by atoms with Crippen LogP contribution >= 0.6 is 0 Å². The van der Waals surface area contributed by atoms with E-state index in [-0.39, 0.29) is 6.10 Å². The minimum atomic E-state index is -0.670. The van der Waals surface area contributed by atoms with Crippen molar-refractivity contribution in [2.75, 3.05) is 27.7 Å². The number of nitrogens with zero attached hydrogens (tertiary/aromatic N) is 1. The summed E-state index contributed by atoms with van der Waals surface area (Å²) in [5, 5.41) is 17.1. The van der Waals surface area contributed by atoms with Crippen molar-refractivity contribution in [2.24, 2.45) is 0 Å². The number of rotatable bonds is 8. The summed E-state index contributed by atoms with van der Waals surface area (Å²) in [4.78, 5) is 10.0. The van der Waals surface area contributed by atoms with Crippen LogP contribution in [0.3, 0.4) is 0 Å². The van der Waals surface area contributed by atoms with E-state index in [0.29, 0.717) is 6.42 Å². The molecule has 0 radical (unpaired) electrons. The van der Waals surface area contributed by atoms with Gasteiger partial charge in [0.2, 0.25) is 0 Å². The Morgan fingerprint density at radius 2 is 1.61 bits per heavy atom. The fourth-order valence-corrected chi connectivity index (χ4v) is 1.67. The largest absolute Gasteiger partial charge is 0.481 e. The monoisotopic (exact) mass is 262 g/mol. The Bertz CT molecular complexity index is 198. The van der Waals surface area contributed by atoms with Crippen LogP contribution in [0.4, 0.5) is 0 Å². The minimum absolute atomic E-state index is 0.185. The first-order valence-electron chi connectivity index (χ1n) is 6.89. The number of carboxylic acid groups (broad SMARTS) is 1. The Hall–Kier alpha value is -0.610. The highest BCUT2D eigenvalue weighted by Crippen LogP contribution is 2.04. The second-order valence-electron chi connectivity index (χ2n) is 5.88. The van der Waals surface area contributed by atoms with Gasteiger partial charge in [-0.2, -0.15) is 0 Å². The Labute approximate surface area is 112 Å². The molecule has 0 rings (SSSR count). The summed E-state index contributed by atoms with van der Waals surface area (Å²) in [7, 11) is 6.19. The molecule has 1 unspecified atom stereocenters. The van der Waals surface area contributed by atoms with E-state index in [1.807, 2.05) is 6.92 Å². The number of aliphatic carboxylic acids is 1. The second-order valence-corrected chi connectivity index (χ2v) is 5.88. The third-order valence-corrected chi connectivity index (χ3v) is 2.31. The van der Waals surface area contributed by atoms with E-state index in [9.17, 15) is 4.79 Å². The number of aliphatic hydroxyl groups is 1. The molecule has 110 valence electrons. The topological polar surface area (TPSA) is 57.5 Å². The lowest BCUT2D eigenvalue weighted by atomic mass is 10.1. The van der Waals surface area contributed by atoms with E-state index < -0.39 is 5.97 Å². The summed E-state index contributed by atoms with van der Waals surface area (Å²) in [6.07, 6.45) is 5.70. The molecule has 4 nitrogen and oxygen atoms in total. The molecule has 2 N–H and O–H groups in total. The van der Waals surface area contributed by atoms with Gasteiger partial charge < -0.3 is 14.7 Å². The van der Waals surface area contributed by atoms with Crippen LogP contribution in [-0.4, -0.2) is 54.5 Å². The van der Waals surface area contributed by atoms with E-state index in [1.165, 1.54) is 19.3 Å². The highest BCUT2D eigenvalue weighted by atomic mass is 16.4. The minimum Gasteiger partial charge on any atom is -0.481 e. The maximum Gasteiger partial charge on any atom is 0.303 e. The van der Waals surface area contributed by atoms with E-state index >= 15 is 0 Å². The molecule has 4 heteroatoms. The Morgan fingerprint density at radius 3 is 1.89 bits per heavy atom. The zero-order valence-electron chi connectivity index (χ0n) is 12.8. The molecule has 0 amide bonds. The lowest BCUT2D eigenvalue weighted by Crippen LogP contribution is -2.40. The number of hydrogen-bond acceptors (Lipinski definition) is 2. The number of aliphatic hydroxyl groups excluding tert-OH is 1. The van der Waals surface area contributed by atoms with Gasteiger partial charge in [-0.1, -0.05) is 32.6 Å². The van der Waals surface area contributed by atoms with Gasteiger partial charge in [0, 0.05) is 6.42 Å². The van der Waals surface area contributed by atoms with Crippen LogP contribution < -0.4 is 0 Å². The van der Waals surface area contributed by atoms with Crippen molar-refractivity contribution in [3.05, 3.63) is 0 Å². The number of likely N-dealkylation sites (N-methyl/N-ethyl adjacent to an activating group) is 1. The Kier molecular flexibility index (Phi) is 12.6. The normalized spacial score (nSPS) is 12.6. The molecule has 0 aromatic carbocycles. The fraction of sp³-hybridized carbons (Fsp3) is 0.929. The van der Waals surface area contributed by atoms with Crippen LogP contribution in [0.2, 0.25) is 0 Å². The van der Waals surface area contributed by atoms with Gasteiger partial charge in [-0.05, 0) is 13.3 Å². The summed E-state index contributed by atoms with van der Waals surface area (Å²) >= 11 is 0. The smallest absolute Gasteiger partial charge is 0.303 e. The highest BCUT2D eigenvalue weighted by Gasteiger charge is 2.09. The van der Waals surface area contributed by atoms with Crippen molar-refractivity contribution in [1.29, 1.82) is 0 Å². The zero-order chi connectivity index (χ0) is 14.6. The Morgan fingerprint density at radius 1 is 1.11 bits per heavy atom. The molecule has 0 aromatic rings. The summed E-state index contributed by atoms with van der Waals surface area (Å²) in [6, 6.07) is 0. The Balaban J connectivity index is 0. The number of carboxylic acids is 1. The van der Waals surface area contributed by atoms with Gasteiger partial charge in [0.1, 0.15) is 12.6 Å². The maximum atomic E-state index is 10.0. The maximum absolute atomic E-state index is 10.0. The first-order chi connectivity index (χ1) is 8.19. The summed E-state index contributed by atoms with van der Waals surface area (Å²) in [5.74, 6) is -0.670. The fourth-order valence-electron chi connectivity index (χ4n) is 1.67. The zero-order valence-corrected chi connectivity index (χ0v) is 12.8. The van der Waals surface area contributed by atoms with Gasteiger partial charge in [-0.15, -0.1) is 0 Å². The molecule has 0 bridgehead atoms. The molecule has 0 aromatic heterocycles. The van der Waals surface area contributed by atoms with Crippen LogP contribution in [-0.2, 0) is 4.79 Å². The van der Waals surface area contributed by atoms with Gasteiger partial charge in [0.25, 0.3) is 0 Å². The summed E-state index contributed by atoms with van der Waals surface area (Å²) in [5.41, 5.74) is 0. The standard InChI is InChI=1S/C8H16O2.C6H16NO/c1-2-3-4-5-6-7-8(9)10;1-6(8)5-7(2,3)4/h2-7H2,1H3,(H,9,10);6,8H,5H2,1-4H3/q;+1. The van der Waals surface area contributed by atoms with Gasteiger partial charge in [0.15, 0.2) is 0 Å². The van der Waals surface area contributed by atoms with Crippen molar-refractivity contribution in [3.63, 3.8) is 0 Å². The van der Waals surface area contributed by atoms with Gasteiger partial charge >= 0.3 is 5.97 Å². The average Bonchev–Trinajstić information content (AvgIpc) is 2.13. The molecule has 0 saturated carbocycles. The average molecular weight is 262 g/mol. The van der Waals surface area contributed by atoms with Crippen molar-refractivity contribution in [2.45, 2.75) is 58.5 Å². The second kappa shape index (κ2) is 11.5. The third-order valence-electron chi connectivity index (χ3n) is 2.31. The van der Waals surface area contributed by atoms with Gasteiger partial charge in [-0.25, -0.2) is 0 Å². The first kappa shape index (κ1) is 19.7. The molecule has 0 aliphatic carbocycles. The molecule has 0 saturated heterocycles. The molecule has 0 spiro atoms. The van der Waals surface area contributed by atoms with E-state index in [4.69, 9.17) is 10.2 Å². The third kappa shape index (κ3) is 24.6. The van der Waals surface area contributed by atoms with Gasteiger partial charge in [-0.3, -0.25) is 4.79 Å². The van der Waals surface area contributed by atoms with Crippen LogP contribution in [0.25, 0.3) is 0 Å². The molecular weight excluding hydrogens is 230 g/mol. The highest BCUT2D eigenvalue weighted by molar-refractivity contribution is 5.66. The molecule has 18 heavy (non-hydrogen) atoms. The molecule has 0 aliphatic rings. The van der Waals surface area contributed by atoms with E-state index in [0.717, 1.165) is 23.9 Å². The van der Waals surface area contributed by atoms with E-state index in [1.54, 1.807) is 0 Å². The van der Waals surface area contributed by atoms with Crippen molar-refractivity contribution >= 4 is 5.97 Å². The van der Waals surface area contributed by atoms with E-state index in [2.05, 4.69) is 28.1 Å². The predicted octanol–water partition coefficient (Wildman–Crippen LogP) is 2.50. The molecule has 0 aliphatic heterocycles. The molecule has 0 fully saturated rings. The number of hydrogen-bond donors (Lipinski definition) is 2. The number of carbonyl (C=O) groups is 1. The molecule has 1 atom stereocenters. The van der Waals surface area contributed by atoms with Crippen molar-refractivity contribution < 1.29 is 19.5 Å². The number of unbranched alkanes of at least 4 members (excludes halogenated alkanes) is 4. The predicted molar refractivity (Wildman–Crippen MR) is 75.6 cm³/mol. The van der Waals surface area contributed by atoms with Crippen molar-refractivity contribution in [1.82, 2.24) is 0 Å². The SMILES string of the molecule is CC(O)C[N+](C)(C)C.CCCCCCCC(=O)O. The number of quaternary nitrogens is 1.